The molecule has 1 fully saturated rings. The molecule has 0 spiro atoms. The van der Waals surface area contributed by atoms with Crippen molar-refractivity contribution in [3.8, 4) is 5.69 Å². The summed E-state index contributed by atoms with van der Waals surface area (Å²) >= 11 is 13.8. The van der Waals surface area contributed by atoms with Gasteiger partial charge in [0.2, 0.25) is 5.16 Å². The Kier molecular flexibility index (Phi) is 9.22. The van der Waals surface area contributed by atoms with Gasteiger partial charge in [-0.1, -0.05) is 35.0 Å². The van der Waals surface area contributed by atoms with Crippen molar-refractivity contribution in [2.24, 2.45) is 0 Å². The Labute approximate surface area is 182 Å². The Morgan fingerprint density at radius 1 is 1.14 bits per heavy atom. The highest BCUT2D eigenvalue weighted by molar-refractivity contribution is 7.99. The second-order valence-electron chi connectivity index (χ2n) is 6.31. The molecule has 0 amide bonds. The molecule has 1 aromatic carbocycles. The number of carbonyl (C=O) groups is 2. The summed E-state index contributed by atoms with van der Waals surface area (Å²) in [4.78, 5) is 25.3. The van der Waals surface area contributed by atoms with Crippen molar-refractivity contribution >= 4 is 46.9 Å². The lowest BCUT2D eigenvalue weighted by molar-refractivity contribution is -0.159. The van der Waals surface area contributed by atoms with E-state index in [2.05, 4.69) is 15.0 Å². The zero-order valence-corrected chi connectivity index (χ0v) is 18.2. The zero-order valence-electron chi connectivity index (χ0n) is 15.8. The van der Waals surface area contributed by atoms with Crippen LogP contribution in [0.5, 0.6) is 0 Å². The first-order valence-corrected chi connectivity index (χ1v) is 10.7. The molecule has 158 valence electrons. The van der Waals surface area contributed by atoms with Gasteiger partial charge in [0.1, 0.15) is 5.82 Å². The van der Waals surface area contributed by atoms with E-state index in [0.29, 0.717) is 10.0 Å². The summed E-state index contributed by atoms with van der Waals surface area (Å²) in [5, 5.41) is 21.2. The monoisotopic (exact) mass is 460 g/mol. The number of aromatic nitrogens is 3. The van der Waals surface area contributed by atoms with Gasteiger partial charge in [0.25, 0.3) is 0 Å². The summed E-state index contributed by atoms with van der Waals surface area (Å²) in [5.74, 6) is -1.75. The van der Waals surface area contributed by atoms with E-state index in [9.17, 15) is 0 Å². The molecular weight excluding hydrogens is 439 g/mol. The Morgan fingerprint density at radius 2 is 1.79 bits per heavy atom. The molecule has 1 aromatic heterocycles. The van der Waals surface area contributed by atoms with Crippen LogP contribution in [0, 0.1) is 6.92 Å². The van der Waals surface area contributed by atoms with Crippen LogP contribution in [0.4, 0.5) is 0 Å². The van der Waals surface area contributed by atoms with Gasteiger partial charge in [-0.25, -0.2) is 19.3 Å². The van der Waals surface area contributed by atoms with Gasteiger partial charge < -0.3 is 15.1 Å². The number of carboxylic acids is 2. The summed E-state index contributed by atoms with van der Waals surface area (Å²) in [6.45, 7) is 5.64. The predicted molar refractivity (Wildman–Crippen MR) is 112 cm³/mol. The van der Waals surface area contributed by atoms with Gasteiger partial charge in [-0.2, -0.15) is 0 Å². The molecule has 0 unspecified atom stereocenters. The highest BCUT2D eigenvalue weighted by Gasteiger charge is 2.12. The molecule has 1 saturated heterocycles. The number of hydrogen-bond acceptors (Lipinski definition) is 6. The molecule has 0 bridgehead atoms. The van der Waals surface area contributed by atoms with E-state index in [0.717, 1.165) is 22.4 Å². The standard InChI is InChI=1S/C16H20Cl2N4S.C2H2O4/c1-12-19-16(23-10-4-9-21-7-2-3-8-21)20-22(12)13-5-6-14(17)15(18)11-13;3-1(4)2(5)6/h5-6,11H,2-4,7-10H2,1H3;(H,3,4)(H,5,6). The Balaban J connectivity index is 0.000000438. The number of rotatable bonds is 6. The van der Waals surface area contributed by atoms with Crippen molar-refractivity contribution < 1.29 is 19.8 Å². The Bertz CT molecular complexity index is 844. The number of aliphatic carboxylic acids is 2. The fraction of sp³-hybridized carbons (Fsp3) is 0.444. The predicted octanol–water partition coefficient (Wildman–Crippen LogP) is 3.62. The van der Waals surface area contributed by atoms with Crippen LogP contribution in [0.15, 0.2) is 23.4 Å². The van der Waals surface area contributed by atoms with Crippen molar-refractivity contribution in [3.05, 3.63) is 34.1 Å². The van der Waals surface area contributed by atoms with Crippen LogP contribution in [0.25, 0.3) is 5.69 Å². The van der Waals surface area contributed by atoms with E-state index < -0.39 is 11.9 Å². The maximum atomic E-state index is 9.10. The van der Waals surface area contributed by atoms with Gasteiger partial charge in [-0.05, 0) is 64.0 Å². The van der Waals surface area contributed by atoms with E-state index in [4.69, 9.17) is 43.0 Å². The zero-order chi connectivity index (χ0) is 21.4. The van der Waals surface area contributed by atoms with Crippen LogP contribution in [0.2, 0.25) is 10.0 Å². The molecule has 2 N–H and O–H groups in total. The molecule has 11 heteroatoms. The minimum Gasteiger partial charge on any atom is -0.473 e. The van der Waals surface area contributed by atoms with Crippen molar-refractivity contribution in [2.45, 2.75) is 31.3 Å². The molecule has 29 heavy (non-hydrogen) atoms. The molecule has 0 aliphatic carbocycles. The summed E-state index contributed by atoms with van der Waals surface area (Å²) in [5.41, 5.74) is 0.883. The number of likely N-dealkylation sites (tertiary alicyclic amines) is 1. The van der Waals surface area contributed by atoms with Gasteiger partial charge in [0, 0.05) is 5.75 Å². The summed E-state index contributed by atoms with van der Waals surface area (Å²) in [6.07, 6.45) is 3.87. The molecule has 3 rings (SSSR count). The summed E-state index contributed by atoms with van der Waals surface area (Å²) in [7, 11) is 0. The maximum Gasteiger partial charge on any atom is 0.414 e. The van der Waals surface area contributed by atoms with E-state index in [1.807, 2.05) is 23.7 Å². The summed E-state index contributed by atoms with van der Waals surface area (Å²) < 4.78 is 1.81. The highest BCUT2D eigenvalue weighted by atomic mass is 35.5. The number of benzene rings is 1. The first-order chi connectivity index (χ1) is 13.8. The number of halogens is 2. The smallest absolute Gasteiger partial charge is 0.414 e. The second-order valence-corrected chi connectivity index (χ2v) is 8.19. The number of carboxylic acid groups (broad SMARTS) is 2. The lowest BCUT2D eigenvalue weighted by Crippen LogP contribution is -2.20. The highest BCUT2D eigenvalue weighted by Crippen LogP contribution is 2.25. The molecule has 1 aliphatic heterocycles. The van der Waals surface area contributed by atoms with Crippen molar-refractivity contribution in [1.82, 2.24) is 19.7 Å². The first kappa shape index (κ1) is 23.5. The topological polar surface area (TPSA) is 109 Å². The summed E-state index contributed by atoms with van der Waals surface area (Å²) in [6, 6.07) is 5.49. The van der Waals surface area contributed by atoms with Gasteiger partial charge >= 0.3 is 11.9 Å². The van der Waals surface area contributed by atoms with Crippen LogP contribution in [-0.2, 0) is 9.59 Å². The molecule has 0 atom stereocenters. The third-order valence-electron chi connectivity index (χ3n) is 4.13. The molecule has 2 aromatic rings. The van der Waals surface area contributed by atoms with Gasteiger partial charge in [0.15, 0.2) is 0 Å². The fourth-order valence-corrected chi connectivity index (χ4v) is 3.83. The van der Waals surface area contributed by atoms with Crippen molar-refractivity contribution in [1.29, 1.82) is 0 Å². The quantitative estimate of drug-likeness (QED) is 0.382. The first-order valence-electron chi connectivity index (χ1n) is 8.98. The van der Waals surface area contributed by atoms with Crippen molar-refractivity contribution in [3.63, 3.8) is 0 Å². The van der Waals surface area contributed by atoms with E-state index in [1.54, 1.807) is 17.8 Å². The van der Waals surface area contributed by atoms with Gasteiger partial charge in [0.05, 0.1) is 15.7 Å². The van der Waals surface area contributed by atoms with Crippen LogP contribution >= 0.6 is 35.0 Å². The lowest BCUT2D eigenvalue weighted by Gasteiger charge is -2.13. The van der Waals surface area contributed by atoms with Crippen LogP contribution < -0.4 is 0 Å². The number of hydrogen-bond donors (Lipinski definition) is 2. The molecule has 0 saturated carbocycles. The van der Waals surface area contributed by atoms with Crippen LogP contribution in [-0.4, -0.2) is 67.2 Å². The Morgan fingerprint density at radius 3 is 2.38 bits per heavy atom. The number of aryl methyl sites for hydroxylation is 1. The SMILES string of the molecule is Cc1nc(SCCCN2CCCC2)nn1-c1ccc(Cl)c(Cl)c1.O=C(O)C(=O)O. The van der Waals surface area contributed by atoms with Crippen LogP contribution in [0.1, 0.15) is 25.1 Å². The van der Waals surface area contributed by atoms with E-state index in [1.165, 1.54) is 38.9 Å². The van der Waals surface area contributed by atoms with Gasteiger partial charge in [-0.15, -0.1) is 5.10 Å². The third-order valence-corrected chi connectivity index (χ3v) is 5.79. The minimum absolute atomic E-state index is 0.527. The maximum absolute atomic E-state index is 9.10. The fourth-order valence-electron chi connectivity index (χ4n) is 2.75. The molecule has 2 heterocycles. The van der Waals surface area contributed by atoms with Crippen LogP contribution in [0.3, 0.4) is 0 Å². The minimum atomic E-state index is -1.82. The lowest BCUT2D eigenvalue weighted by atomic mass is 10.3. The second kappa shape index (κ2) is 11.4. The molecule has 8 nitrogen and oxygen atoms in total. The number of thioether (sulfide) groups is 1. The van der Waals surface area contributed by atoms with E-state index in [-0.39, 0.29) is 0 Å². The molecule has 1 aliphatic rings. The molecular formula is C18H22Cl2N4O4S. The molecule has 0 radical (unpaired) electrons. The van der Waals surface area contributed by atoms with E-state index >= 15 is 0 Å². The normalized spacial score (nSPS) is 13.8. The largest absolute Gasteiger partial charge is 0.473 e. The third kappa shape index (κ3) is 7.50. The van der Waals surface area contributed by atoms with Gasteiger partial charge in [-0.3, -0.25) is 0 Å². The average molecular weight is 461 g/mol. The van der Waals surface area contributed by atoms with Crippen molar-refractivity contribution in [2.75, 3.05) is 25.4 Å². The average Bonchev–Trinajstić information content (AvgIpc) is 3.31. The Hall–Kier alpha value is -1.81. The number of nitrogens with zero attached hydrogens (tertiary/aromatic N) is 4.